The molecule has 2 heterocycles. The van der Waals surface area contributed by atoms with E-state index in [9.17, 15) is 14.0 Å². The standard InChI is InChI=1S/C26H26FN3O3/c1-5-28-24(31)13-22-18-12-25(32)30(3)14-20(18)17-10-21(27)23(33-4)11-19(17)26(29-22)16-8-6-15(2)7-9-16/h6-12,14,22H,5,13H2,1-4H3,(H,28,31)/t22-/m0/s1. The smallest absolute Gasteiger partial charge is 0.250 e. The van der Waals surface area contributed by atoms with Crippen LogP contribution < -0.4 is 15.6 Å². The molecule has 1 aliphatic rings. The molecule has 0 radical (unpaired) electrons. The third-order valence-electron chi connectivity index (χ3n) is 5.82. The number of nitrogens with one attached hydrogen (secondary N) is 1. The number of carbonyl (C=O) groups excluding carboxylic acids is 1. The van der Waals surface area contributed by atoms with E-state index in [1.807, 2.05) is 38.1 Å². The molecule has 4 rings (SSSR count). The molecule has 0 unspecified atom stereocenters. The third kappa shape index (κ3) is 4.31. The number of hydrogen-bond donors (Lipinski definition) is 1. The fourth-order valence-corrected chi connectivity index (χ4v) is 4.11. The first kappa shape index (κ1) is 22.5. The van der Waals surface area contributed by atoms with E-state index < -0.39 is 11.9 Å². The molecule has 0 aliphatic carbocycles. The maximum absolute atomic E-state index is 14.9. The Balaban J connectivity index is 2.05. The van der Waals surface area contributed by atoms with Gasteiger partial charge in [0.2, 0.25) is 5.91 Å². The minimum absolute atomic E-state index is 0.0664. The van der Waals surface area contributed by atoms with Gasteiger partial charge < -0.3 is 14.6 Å². The molecular formula is C26H26FN3O3. The molecule has 1 amide bonds. The van der Waals surface area contributed by atoms with Gasteiger partial charge in [-0.25, -0.2) is 4.39 Å². The van der Waals surface area contributed by atoms with Gasteiger partial charge in [-0.1, -0.05) is 29.8 Å². The SMILES string of the molecule is CCNC(=O)C[C@@H]1N=C(c2ccc(C)cc2)c2cc(OC)c(F)cc2-c2cn(C)c(=O)cc21. The summed E-state index contributed by atoms with van der Waals surface area (Å²) < 4.78 is 21.6. The van der Waals surface area contributed by atoms with Gasteiger partial charge in [-0.05, 0) is 37.1 Å². The fourth-order valence-electron chi connectivity index (χ4n) is 4.11. The molecular weight excluding hydrogens is 421 g/mol. The van der Waals surface area contributed by atoms with Gasteiger partial charge in [-0.3, -0.25) is 14.6 Å². The molecule has 170 valence electrons. The van der Waals surface area contributed by atoms with Crippen LogP contribution in [0.2, 0.25) is 0 Å². The molecule has 0 saturated heterocycles. The molecule has 1 aliphatic heterocycles. The summed E-state index contributed by atoms with van der Waals surface area (Å²) in [6.45, 7) is 4.33. The monoisotopic (exact) mass is 447 g/mol. The van der Waals surface area contributed by atoms with E-state index in [0.29, 0.717) is 34.5 Å². The number of rotatable bonds is 5. The molecule has 33 heavy (non-hydrogen) atoms. The highest BCUT2D eigenvalue weighted by atomic mass is 19.1. The van der Waals surface area contributed by atoms with Crippen LogP contribution in [0.3, 0.4) is 0 Å². The Morgan fingerprint density at radius 2 is 1.88 bits per heavy atom. The van der Waals surface area contributed by atoms with Crippen molar-refractivity contribution in [2.75, 3.05) is 13.7 Å². The van der Waals surface area contributed by atoms with Crippen molar-refractivity contribution in [3.8, 4) is 16.9 Å². The Morgan fingerprint density at radius 3 is 2.55 bits per heavy atom. The lowest BCUT2D eigenvalue weighted by atomic mass is 9.91. The van der Waals surface area contributed by atoms with E-state index in [2.05, 4.69) is 5.32 Å². The Morgan fingerprint density at radius 1 is 1.15 bits per heavy atom. The van der Waals surface area contributed by atoms with E-state index in [1.54, 1.807) is 19.3 Å². The van der Waals surface area contributed by atoms with Gasteiger partial charge in [-0.2, -0.15) is 0 Å². The van der Waals surface area contributed by atoms with Crippen LogP contribution in [0.15, 0.2) is 58.4 Å². The Labute approximate surface area is 191 Å². The Hall–Kier alpha value is -3.74. The normalized spacial score (nSPS) is 14.6. The summed E-state index contributed by atoms with van der Waals surface area (Å²) in [7, 11) is 3.06. The summed E-state index contributed by atoms with van der Waals surface area (Å²) in [4.78, 5) is 30.1. The number of hydrogen-bond acceptors (Lipinski definition) is 4. The number of methoxy groups -OCH3 is 1. The Bertz CT molecular complexity index is 1310. The predicted octanol–water partition coefficient (Wildman–Crippen LogP) is 3.93. The van der Waals surface area contributed by atoms with Crippen LogP contribution in [0.5, 0.6) is 5.75 Å². The topological polar surface area (TPSA) is 72.7 Å². The second kappa shape index (κ2) is 9.02. The first-order chi connectivity index (χ1) is 15.8. The zero-order chi connectivity index (χ0) is 23.7. The highest BCUT2D eigenvalue weighted by Gasteiger charge is 2.28. The second-order valence-electron chi connectivity index (χ2n) is 8.14. The molecule has 1 aromatic heterocycles. The maximum atomic E-state index is 14.9. The van der Waals surface area contributed by atoms with Crippen LogP contribution in [0.25, 0.3) is 11.1 Å². The van der Waals surface area contributed by atoms with Crippen LogP contribution in [-0.4, -0.2) is 29.8 Å². The number of ether oxygens (including phenoxy) is 1. The van der Waals surface area contributed by atoms with Gasteiger partial charge in [0, 0.05) is 42.5 Å². The number of amides is 1. The maximum Gasteiger partial charge on any atom is 0.250 e. The molecule has 0 bridgehead atoms. The second-order valence-corrected chi connectivity index (χ2v) is 8.14. The van der Waals surface area contributed by atoms with Crippen LogP contribution in [-0.2, 0) is 11.8 Å². The van der Waals surface area contributed by atoms with Gasteiger partial charge in [0.1, 0.15) is 0 Å². The van der Waals surface area contributed by atoms with E-state index in [1.165, 1.54) is 23.8 Å². The van der Waals surface area contributed by atoms with Crippen molar-refractivity contribution in [1.29, 1.82) is 0 Å². The number of aromatic nitrogens is 1. The molecule has 0 fully saturated rings. The van der Waals surface area contributed by atoms with Crippen molar-refractivity contribution in [2.24, 2.45) is 12.0 Å². The number of carbonyl (C=O) groups is 1. The van der Waals surface area contributed by atoms with Crippen LogP contribution >= 0.6 is 0 Å². The molecule has 6 nitrogen and oxygen atoms in total. The first-order valence-corrected chi connectivity index (χ1v) is 10.8. The average Bonchev–Trinajstić information content (AvgIpc) is 2.90. The molecule has 0 spiro atoms. The lowest BCUT2D eigenvalue weighted by Crippen LogP contribution is -2.25. The van der Waals surface area contributed by atoms with E-state index in [4.69, 9.17) is 9.73 Å². The van der Waals surface area contributed by atoms with Gasteiger partial charge in [0.15, 0.2) is 11.6 Å². The van der Waals surface area contributed by atoms with Crippen molar-refractivity contribution in [2.45, 2.75) is 26.3 Å². The van der Waals surface area contributed by atoms with Crippen LogP contribution in [0.4, 0.5) is 4.39 Å². The summed E-state index contributed by atoms with van der Waals surface area (Å²) >= 11 is 0. The molecule has 2 aromatic carbocycles. The van der Waals surface area contributed by atoms with Crippen LogP contribution in [0.1, 0.15) is 41.6 Å². The third-order valence-corrected chi connectivity index (χ3v) is 5.82. The summed E-state index contributed by atoms with van der Waals surface area (Å²) in [5.74, 6) is -0.584. The van der Waals surface area contributed by atoms with Crippen molar-refractivity contribution in [1.82, 2.24) is 9.88 Å². The van der Waals surface area contributed by atoms with Gasteiger partial charge >= 0.3 is 0 Å². The number of fused-ring (bicyclic) bond motifs is 3. The number of nitrogens with zero attached hydrogens (tertiary/aromatic N) is 2. The van der Waals surface area contributed by atoms with E-state index in [0.717, 1.165) is 11.1 Å². The fraction of sp³-hybridized carbons (Fsp3) is 0.269. The number of aryl methyl sites for hydroxylation is 2. The lowest BCUT2D eigenvalue weighted by Gasteiger charge is -2.16. The molecule has 1 N–H and O–H groups in total. The molecule has 3 aromatic rings. The quantitative estimate of drug-likeness (QED) is 0.644. The summed E-state index contributed by atoms with van der Waals surface area (Å²) in [5.41, 5.74) is 4.84. The van der Waals surface area contributed by atoms with E-state index >= 15 is 0 Å². The largest absolute Gasteiger partial charge is 0.494 e. The molecule has 0 saturated carbocycles. The Kier molecular flexibility index (Phi) is 6.14. The van der Waals surface area contributed by atoms with Gasteiger partial charge in [-0.15, -0.1) is 0 Å². The average molecular weight is 448 g/mol. The van der Waals surface area contributed by atoms with Gasteiger partial charge in [0.05, 0.1) is 25.3 Å². The number of halogens is 1. The predicted molar refractivity (Wildman–Crippen MR) is 126 cm³/mol. The zero-order valence-corrected chi connectivity index (χ0v) is 19.1. The van der Waals surface area contributed by atoms with E-state index in [-0.39, 0.29) is 23.6 Å². The minimum Gasteiger partial charge on any atom is -0.494 e. The number of aliphatic imine (C=N–C) groups is 1. The van der Waals surface area contributed by atoms with Gasteiger partial charge in [0.25, 0.3) is 5.56 Å². The summed E-state index contributed by atoms with van der Waals surface area (Å²) in [5, 5.41) is 2.81. The highest BCUT2D eigenvalue weighted by molar-refractivity contribution is 6.17. The van der Waals surface area contributed by atoms with Crippen molar-refractivity contribution in [3.05, 3.63) is 87.1 Å². The van der Waals surface area contributed by atoms with Crippen molar-refractivity contribution >= 4 is 11.6 Å². The number of pyridine rings is 1. The first-order valence-electron chi connectivity index (χ1n) is 10.8. The van der Waals surface area contributed by atoms with Crippen LogP contribution in [0, 0.1) is 12.7 Å². The van der Waals surface area contributed by atoms with Crippen molar-refractivity contribution in [3.63, 3.8) is 0 Å². The summed E-state index contributed by atoms with van der Waals surface area (Å²) in [6, 6.07) is 11.8. The lowest BCUT2D eigenvalue weighted by molar-refractivity contribution is -0.121. The number of benzene rings is 2. The molecule has 1 atom stereocenters. The van der Waals surface area contributed by atoms with Crippen molar-refractivity contribution < 1.29 is 13.9 Å². The molecule has 7 heteroatoms. The zero-order valence-electron chi connectivity index (χ0n) is 19.1. The summed E-state index contributed by atoms with van der Waals surface area (Å²) in [6.07, 6.45) is 1.75. The minimum atomic E-state index is -0.613. The highest BCUT2D eigenvalue weighted by Crippen LogP contribution is 2.40.